The summed E-state index contributed by atoms with van der Waals surface area (Å²) in [5, 5.41) is 27.8. The van der Waals surface area contributed by atoms with E-state index in [9.17, 15) is 5.26 Å². The van der Waals surface area contributed by atoms with Crippen molar-refractivity contribution >= 4 is 150 Å². The molecule has 93 heavy (non-hydrogen) atoms. The van der Waals surface area contributed by atoms with E-state index in [-0.39, 0.29) is 0 Å². The Labute approximate surface area is 547 Å². The number of nitrogens with zero attached hydrogens (tertiary/aromatic N) is 5. The number of nitriles is 1. The molecule has 6 heterocycles. The van der Waals surface area contributed by atoms with Crippen LogP contribution in [-0.4, -0.2) is 18.3 Å². The molecule has 7 heteroatoms. The van der Waals surface area contributed by atoms with E-state index in [0.717, 1.165) is 99.6 Å². The minimum absolute atomic E-state index is 0.290. The van der Waals surface area contributed by atoms with Crippen LogP contribution in [0.15, 0.2) is 218 Å². The van der Waals surface area contributed by atoms with Crippen LogP contribution in [0.5, 0.6) is 0 Å². The Bertz CT molecular complexity index is 5790. The fourth-order valence-corrected chi connectivity index (χ4v) is 18.1. The van der Waals surface area contributed by atoms with E-state index in [2.05, 4.69) is 305 Å². The third-order valence-electron chi connectivity index (χ3n) is 20.4. The zero-order chi connectivity index (χ0) is 63.0. The number of hydrogen-bond acceptors (Lipinski definition) is 3. The Morgan fingerprint density at radius 3 is 1.01 bits per heavy atom. The van der Waals surface area contributed by atoms with E-state index in [4.69, 9.17) is 0 Å². The van der Waals surface area contributed by atoms with Crippen molar-refractivity contribution < 1.29 is 0 Å². The Hall–Kier alpha value is -10.2. The zero-order valence-electron chi connectivity index (χ0n) is 53.6. The largest absolute Gasteiger partial charge is 0.306 e. The summed E-state index contributed by atoms with van der Waals surface area (Å²) in [6.07, 6.45) is 0. The average molecular weight is 1230 g/mol. The van der Waals surface area contributed by atoms with Crippen molar-refractivity contribution in [1.29, 1.82) is 5.26 Å². The second-order valence-electron chi connectivity index (χ2n) is 27.1. The molecule has 0 fully saturated rings. The first-order valence-electron chi connectivity index (χ1n) is 32.9. The van der Waals surface area contributed by atoms with Crippen molar-refractivity contribution in [1.82, 2.24) is 18.3 Å². The van der Waals surface area contributed by atoms with Gasteiger partial charge in [-0.15, -0.1) is 22.7 Å². The van der Waals surface area contributed by atoms with E-state index < -0.39 is 0 Å². The summed E-state index contributed by atoms with van der Waals surface area (Å²) in [4.78, 5) is 0. The van der Waals surface area contributed by atoms with Crippen molar-refractivity contribution in [3.8, 4) is 39.9 Å². The van der Waals surface area contributed by atoms with Gasteiger partial charge >= 0.3 is 0 Å². The quantitative estimate of drug-likeness (QED) is 0.142. The highest BCUT2D eigenvalue weighted by molar-refractivity contribution is 7.27. The number of para-hydroxylation sites is 2. The molecule has 12 aromatic carbocycles. The second kappa shape index (κ2) is 20.6. The van der Waals surface area contributed by atoms with Gasteiger partial charge in [0.1, 0.15) is 11.6 Å². The van der Waals surface area contributed by atoms with E-state index in [0.29, 0.717) is 29.2 Å². The van der Waals surface area contributed by atoms with Crippen LogP contribution in [-0.2, 0) is 0 Å². The first-order chi connectivity index (χ1) is 45.3. The Morgan fingerprint density at radius 2 is 0.645 bits per heavy atom. The molecule has 6 aromatic heterocycles. The summed E-state index contributed by atoms with van der Waals surface area (Å²) >= 11 is 3.70. The van der Waals surface area contributed by atoms with Crippen LogP contribution in [0.25, 0.3) is 161 Å². The predicted octanol–water partition coefficient (Wildman–Crippen LogP) is 25.2. The first kappa shape index (κ1) is 55.6. The number of hydrogen-bond donors (Lipinski definition) is 0. The molecule has 0 aliphatic heterocycles. The van der Waals surface area contributed by atoms with Crippen LogP contribution in [0, 0.1) is 18.3 Å². The molecule has 0 N–H and O–H groups in total. The average Bonchev–Trinajstić information content (AvgIpc) is 1.56. The molecule has 18 rings (SSSR count). The maximum atomic E-state index is 13.6. The van der Waals surface area contributed by atoms with Crippen molar-refractivity contribution in [2.45, 2.75) is 86.0 Å². The summed E-state index contributed by atoms with van der Waals surface area (Å²) in [5.74, 6) is 1.16. The lowest BCUT2D eigenvalue weighted by atomic mass is 9.92. The molecule has 0 aliphatic carbocycles. The zero-order valence-corrected chi connectivity index (χ0v) is 55.3. The molecular formula is C86H67N5S2. The Balaban J connectivity index is 1.20. The van der Waals surface area contributed by atoms with Gasteiger partial charge in [0.2, 0.25) is 0 Å². The van der Waals surface area contributed by atoms with Gasteiger partial charge in [-0.05, 0) is 131 Å². The summed E-state index contributed by atoms with van der Waals surface area (Å²) in [5.41, 5.74) is 21.0. The van der Waals surface area contributed by atoms with Crippen LogP contribution in [0.4, 0.5) is 0 Å². The monoisotopic (exact) mass is 1230 g/mol. The maximum absolute atomic E-state index is 13.6. The van der Waals surface area contributed by atoms with Gasteiger partial charge in [-0.2, -0.15) is 5.26 Å². The van der Waals surface area contributed by atoms with Gasteiger partial charge in [0.15, 0.2) is 0 Å². The summed E-state index contributed by atoms with van der Waals surface area (Å²) in [6, 6.07) is 86.2. The molecule has 0 bridgehead atoms. The fourth-order valence-electron chi connectivity index (χ4n) is 15.6. The fraction of sp³-hybridized carbons (Fsp3) is 0.151. The van der Waals surface area contributed by atoms with Gasteiger partial charge < -0.3 is 18.3 Å². The molecular weight excluding hydrogens is 1170 g/mol. The topological polar surface area (TPSA) is 43.5 Å². The lowest BCUT2D eigenvalue weighted by molar-refractivity contribution is 0.868. The van der Waals surface area contributed by atoms with Crippen molar-refractivity contribution in [2.75, 3.05) is 0 Å². The number of benzene rings is 12. The molecule has 0 unspecified atom stereocenters. The van der Waals surface area contributed by atoms with Crippen LogP contribution >= 0.6 is 22.7 Å². The molecule has 0 saturated carbocycles. The highest BCUT2D eigenvalue weighted by Crippen LogP contribution is 2.55. The highest BCUT2D eigenvalue weighted by atomic mass is 32.1. The number of rotatable bonds is 9. The van der Waals surface area contributed by atoms with Crippen molar-refractivity contribution in [2.24, 2.45) is 0 Å². The maximum Gasteiger partial charge on any atom is 0.104 e. The second-order valence-corrected chi connectivity index (χ2v) is 29.2. The summed E-state index contributed by atoms with van der Waals surface area (Å²) < 4.78 is 15.1. The number of aromatic nitrogens is 4. The van der Waals surface area contributed by atoms with Crippen LogP contribution in [0.3, 0.4) is 0 Å². The lowest BCUT2D eigenvalue weighted by Crippen LogP contribution is -2.16. The molecule has 0 aliphatic rings. The molecule has 0 atom stereocenters. The summed E-state index contributed by atoms with van der Waals surface area (Å²) in [7, 11) is 0. The molecule has 5 nitrogen and oxygen atoms in total. The van der Waals surface area contributed by atoms with Gasteiger partial charge in [-0.25, -0.2) is 0 Å². The third kappa shape index (κ3) is 7.95. The highest BCUT2D eigenvalue weighted by Gasteiger charge is 2.36. The molecule has 18 aromatic rings. The van der Waals surface area contributed by atoms with Gasteiger partial charge in [0, 0.05) is 79.6 Å². The van der Waals surface area contributed by atoms with Crippen LogP contribution in [0.2, 0.25) is 0 Å². The minimum Gasteiger partial charge on any atom is -0.306 e. The van der Waals surface area contributed by atoms with Crippen molar-refractivity contribution in [3.05, 3.63) is 252 Å². The molecule has 0 radical (unpaired) electrons. The molecule has 0 saturated heterocycles. The number of aryl methyl sites for hydroxylation is 1. The lowest BCUT2D eigenvalue weighted by Gasteiger charge is -2.29. The SMILES string of the molecule is Cc1ccc(-c2c(-n3c4ccc(C(C)C)cc4c4cc(C(C)C)ccc43)c(-n3c4ccccc4c4ccc5c6ccccc6sc5c43)c(C#N)c(-n3c4ccccc4c4ccc5c6ccccc6sc5c43)c2-n2c3ccc(C(C)C)cc3c3cc(C(C)C)ccc32)cc1. The van der Waals surface area contributed by atoms with E-state index in [1.807, 2.05) is 22.7 Å². The predicted molar refractivity (Wildman–Crippen MR) is 401 cm³/mol. The normalized spacial score (nSPS) is 12.5. The molecule has 448 valence electrons. The van der Waals surface area contributed by atoms with Crippen LogP contribution in [0.1, 0.15) is 112 Å². The summed E-state index contributed by atoms with van der Waals surface area (Å²) in [6.45, 7) is 20.6. The third-order valence-corrected chi connectivity index (χ3v) is 22.8. The van der Waals surface area contributed by atoms with Crippen molar-refractivity contribution in [3.63, 3.8) is 0 Å². The van der Waals surface area contributed by atoms with E-state index in [1.165, 1.54) is 89.7 Å². The Kier molecular flexibility index (Phi) is 12.3. The minimum atomic E-state index is 0.290. The molecule has 0 amide bonds. The number of thiophene rings is 2. The van der Waals surface area contributed by atoms with E-state index >= 15 is 0 Å². The first-order valence-corrected chi connectivity index (χ1v) is 34.5. The van der Waals surface area contributed by atoms with Gasteiger partial charge in [0.25, 0.3) is 0 Å². The van der Waals surface area contributed by atoms with E-state index in [1.54, 1.807) is 0 Å². The standard InChI is InChI=1S/C86H67N5S2/c1-47(2)53-30-38-72-65(42-53)66-43-54(48(3)4)31-39-73(66)88(72)83-78(52-28-26-51(9)27-29-52)84(89-74-40-32-55(49(5)6)44-67(74)68-45-56(50(7)8)33-41-75(68)89)80(91-71-23-15-11-19-58(71)62-35-37-64-60-21-13-17-25-77(60)93-86(64)82(62)91)69(46-87)79(83)90-70-22-14-10-18-57(70)61-34-36-63-59-20-12-16-24-76(59)92-85(63)81(61)90/h10-45,47-50H,1-9H3. The van der Waals surface area contributed by atoms with Gasteiger partial charge in [-0.1, -0.05) is 207 Å². The molecule has 0 spiro atoms. The van der Waals surface area contributed by atoms with Gasteiger partial charge in [0.05, 0.1) is 76.3 Å². The number of fused-ring (bicyclic) bond motifs is 20. The van der Waals surface area contributed by atoms with Crippen LogP contribution < -0.4 is 0 Å². The Morgan fingerprint density at radius 1 is 0.312 bits per heavy atom. The smallest absolute Gasteiger partial charge is 0.104 e. The van der Waals surface area contributed by atoms with Gasteiger partial charge in [-0.3, -0.25) is 0 Å².